The first-order valence-corrected chi connectivity index (χ1v) is 9.47. The summed E-state index contributed by atoms with van der Waals surface area (Å²) in [6.07, 6.45) is 1.76. The minimum absolute atomic E-state index is 0.137. The second-order valence-corrected chi connectivity index (χ2v) is 7.07. The van der Waals surface area contributed by atoms with Crippen molar-refractivity contribution in [1.82, 2.24) is 4.90 Å². The van der Waals surface area contributed by atoms with Crippen LogP contribution in [0.2, 0.25) is 5.02 Å². The molecule has 0 aliphatic carbocycles. The SMILES string of the molecule is CCOC(=O)c1ccc(N=C2S/C(=C/c3ccccc3Cl)C(=O)N2C)cc1. The van der Waals surface area contributed by atoms with Crippen molar-refractivity contribution in [3.05, 3.63) is 69.6 Å². The molecule has 0 bridgehead atoms. The molecule has 1 amide bonds. The number of ether oxygens (including phenoxy) is 1. The van der Waals surface area contributed by atoms with Crippen LogP contribution in [0.5, 0.6) is 0 Å². The lowest BCUT2D eigenvalue weighted by molar-refractivity contribution is -0.121. The Bertz CT molecular complexity index is 938. The predicted molar refractivity (Wildman–Crippen MR) is 109 cm³/mol. The van der Waals surface area contributed by atoms with E-state index in [1.807, 2.05) is 18.2 Å². The summed E-state index contributed by atoms with van der Waals surface area (Å²) in [4.78, 5) is 30.7. The minimum Gasteiger partial charge on any atom is -0.462 e. The number of carbonyl (C=O) groups is 2. The number of halogens is 1. The summed E-state index contributed by atoms with van der Waals surface area (Å²) < 4.78 is 4.96. The molecule has 1 heterocycles. The number of rotatable bonds is 4. The molecule has 0 atom stereocenters. The van der Waals surface area contributed by atoms with E-state index in [0.29, 0.717) is 33.0 Å². The molecule has 0 N–H and O–H groups in total. The Morgan fingerprint density at radius 3 is 2.59 bits per heavy atom. The zero-order chi connectivity index (χ0) is 19.4. The van der Waals surface area contributed by atoms with Gasteiger partial charge in [0.2, 0.25) is 0 Å². The zero-order valence-corrected chi connectivity index (χ0v) is 16.4. The van der Waals surface area contributed by atoms with Gasteiger partial charge in [-0.25, -0.2) is 9.79 Å². The fourth-order valence-corrected chi connectivity index (χ4v) is 3.55. The van der Waals surface area contributed by atoms with Crippen LogP contribution in [0.25, 0.3) is 6.08 Å². The number of nitrogens with zero attached hydrogens (tertiary/aromatic N) is 2. The Balaban J connectivity index is 1.82. The molecule has 0 spiro atoms. The normalized spacial score (nSPS) is 17.0. The van der Waals surface area contributed by atoms with Crippen LogP contribution in [0, 0.1) is 0 Å². The molecule has 2 aromatic rings. The summed E-state index contributed by atoms with van der Waals surface area (Å²) in [6, 6.07) is 14.1. The third-order valence-corrected chi connectivity index (χ3v) is 5.20. The topological polar surface area (TPSA) is 59.0 Å². The fraction of sp³-hybridized carbons (Fsp3) is 0.150. The molecule has 0 unspecified atom stereocenters. The van der Waals surface area contributed by atoms with Crippen molar-refractivity contribution in [3.63, 3.8) is 0 Å². The smallest absolute Gasteiger partial charge is 0.338 e. The van der Waals surface area contributed by atoms with Gasteiger partial charge >= 0.3 is 5.97 Å². The highest BCUT2D eigenvalue weighted by molar-refractivity contribution is 8.18. The molecule has 1 saturated heterocycles. The van der Waals surface area contributed by atoms with Gasteiger partial charge in [-0.05, 0) is 60.7 Å². The molecule has 0 aromatic heterocycles. The van der Waals surface area contributed by atoms with E-state index in [4.69, 9.17) is 16.3 Å². The highest BCUT2D eigenvalue weighted by Gasteiger charge is 2.30. The number of amides is 1. The second kappa shape index (κ2) is 8.41. The largest absolute Gasteiger partial charge is 0.462 e. The molecule has 1 fully saturated rings. The number of esters is 1. The Morgan fingerprint density at radius 2 is 1.93 bits per heavy atom. The number of likely N-dealkylation sites (N-methyl/N-ethyl adjacent to an activating group) is 1. The number of aliphatic imine (C=N–C) groups is 1. The summed E-state index contributed by atoms with van der Waals surface area (Å²) in [7, 11) is 1.68. The van der Waals surface area contributed by atoms with Crippen molar-refractivity contribution in [1.29, 1.82) is 0 Å². The Morgan fingerprint density at radius 1 is 1.22 bits per heavy atom. The van der Waals surface area contributed by atoms with E-state index in [9.17, 15) is 9.59 Å². The van der Waals surface area contributed by atoms with E-state index in [0.717, 1.165) is 5.56 Å². The fourth-order valence-electron chi connectivity index (χ4n) is 2.38. The van der Waals surface area contributed by atoms with Gasteiger partial charge in [0.1, 0.15) is 0 Å². The highest BCUT2D eigenvalue weighted by Crippen LogP contribution is 2.34. The van der Waals surface area contributed by atoms with Crippen LogP contribution >= 0.6 is 23.4 Å². The lowest BCUT2D eigenvalue weighted by atomic mass is 10.2. The number of hydrogen-bond donors (Lipinski definition) is 0. The monoisotopic (exact) mass is 400 g/mol. The summed E-state index contributed by atoms with van der Waals surface area (Å²) in [5.74, 6) is -0.508. The van der Waals surface area contributed by atoms with Crippen LogP contribution in [-0.2, 0) is 9.53 Å². The third-order valence-electron chi connectivity index (χ3n) is 3.80. The van der Waals surface area contributed by atoms with Crippen LogP contribution in [-0.4, -0.2) is 35.6 Å². The molecule has 138 valence electrons. The number of hydrogen-bond acceptors (Lipinski definition) is 5. The minimum atomic E-state index is -0.371. The van der Waals surface area contributed by atoms with E-state index in [2.05, 4.69) is 4.99 Å². The number of thioether (sulfide) groups is 1. The van der Waals surface area contributed by atoms with Crippen LogP contribution in [0.3, 0.4) is 0 Å². The maximum atomic E-state index is 12.5. The van der Waals surface area contributed by atoms with Gasteiger partial charge in [0.25, 0.3) is 5.91 Å². The lowest BCUT2D eigenvalue weighted by Crippen LogP contribution is -2.23. The van der Waals surface area contributed by atoms with Crippen molar-refractivity contribution in [2.24, 2.45) is 4.99 Å². The van der Waals surface area contributed by atoms with Gasteiger partial charge in [-0.15, -0.1) is 0 Å². The summed E-state index contributed by atoms with van der Waals surface area (Å²) >= 11 is 7.45. The van der Waals surface area contributed by atoms with Gasteiger partial charge in [-0.3, -0.25) is 9.69 Å². The van der Waals surface area contributed by atoms with Crippen LogP contribution in [0.4, 0.5) is 5.69 Å². The molecular formula is C20H17ClN2O3S. The van der Waals surface area contributed by atoms with Crippen molar-refractivity contribution in [2.45, 2.75) is 6.92 Å². The Kier molecular flexibility index (Phi) is 5.98. The van der Waals surface area contributed by atoms with Crippen LogP contribution in [0.1, 0.15) is 22.8 Å². The Hall–Kier alpha value is -2.57. The average molecular weight is 401 g/mol. The average Bonchev–Trinajstić information content (AvgIpc) is 2.92. The summed E-state index contributed by atoms with van der Waals surface area (Å²) in [6.45, 7) is 2.09. The highest BCUT2D eigenvalue weighted by atomic mass is 35.5. The van der Waals surface area contributed by atoms with E-state index in [1.54, 1.807) is 50.4 Å². The zero-order valence-electron chi connectivity index (χ0n) is 14.8. The standard InChI is InChI=1S/C20H17ClN2O3S/c1-3-26-19(25)13-8-10-15(11-9-13)22-20-23(2)18(24)17(27-20)12-14-6-4-5-7-16(14)21/h4-12H,3H2,1-2H3/b17-12+,22-20?. The van der Waals surface area contributed by atoms with Crippen molar-refractivity contribution in [3.8, 4) is 0 Å². The van der Waals surface area contributed by atoms with Gasteiger partial charge in [0, 0.05) is 12.1 Å². The maximum absolute atomic E-state index is 12.5. The predicted octanol–water partition coefficient (Wildman–Crippen LogP) is 4.75. The van der Waals surface area contributed by atoms with E-state index in [1.165, 1.54) is 16.7 Å². The van der Waals surface area contributed by atoms with Gasteiger partial charge in [0.05, 0.1) is 22.8 Å². The molecule has 1 aliphatic heterocycles. The first-order chi connectivity index (χ1) is 13.0. The van der Waals surface area contributed by atoms with Crippen LogP contribution < -0.4 is 0 Å². The molecule has 1 aliphatic rings. The lowest BCUT2D eigenvalue weighted by Gasteiger charge is -2.07. The molecular weight excluding hydrogens is 384 g/mol. The van der Waals surface area contributed by atoms with E-state index < -0.39 is 0 Å². The number of carbonyl (C=O) groups excluding carboxylic acids is 2. The number of amidine groups is 1. The van der Waals surface area contributed by atoms with Gasteiger partial charge < -0.3 is 4.74 Å². The van der Waals surface area contributed by atoms with Crippen molar-refractivity contribution in [2.75, 3.05) is 13.7 Å². The molecule has 2 aromatic carbocycles. The van der Waals surface area contributed by atoms with Gasteiger partial charge in [-0.1, -0.05) is 29.8 Å². The van der Waals surface area contributed by atoms with E-state index in [-0.39, 0.29) is 11.9 Å². The summed E-state index contributed by atoms with van der Waals surface area (Å²) in [5, 5.41) is 1.14. The molecule has 7 heteroatoms. The van der Waals surface area contributed by atoms with Gasteiger partial charge in [0.15, 0.2) is 5.17 Å². The summed E-state index contributed by atoms with van der Waals surface area (Å²) in [5.41, 5.74) is 1.89. The molecule has 3 rings (SSSR count). The van der Waals surface area contributed by atoms with Crippen LogP contribution in [0.15, 0.2) is 58.4 Å². The van der Waals surface area contributed by atoms with Gasteiger partial charge in [-0.2, -0.15) is 0 Å². The molecule has 0 radical (unpaired) electrons. The maximum Gasteiger partial charge on any atom is 0.338 e. The second-order valence-electron chi connectivity index (χ2n) is 5.66. The first-order valence-electron chi connectivity index (χ1n) is 8.27. The molecule has 5 nitrogen and oxygen atoms in total. The van der Waals surface area contributed by atoms with Crippen molar-refractivity contribution < 1.29 is 14.3 Å². The first kappa shape index (κ1) is 19.2. The Labute approximate surface area is 166 Å². The quantitative estimate of drug-likeness (QED) is 0.549. The van der Waals surface area contributed by atoms with E-state index >= 15 is 0 Å². The number of benzene rings is 2. The molecule has 0 saturated carbocycles. The third kappa shape index (κ3) is 4.40. The van der Waals surface area contributed by atoms with Crippen molar-refractivity contribution >= 4 is 52.2 Å². The molecule has 27 heavy (non-hydrogen) atoms.